The molecule has 436 valence electrons. The number of aromatic amines is 2. The third-order valence-electron chi connectivity index (χ3n) is 16.5. The Bertz CT molecular complexity index is 3880. The third kappa shape index (κ3) is 12.2. The molecule has 7 aromatic rings. The summed E-state index contributed by atoms with van der Waals surface area (Å²) in [6.07, 6.45) is 3.98. The number of nitrogens with zero attached hydrogens (tertiary/aromatic N) is 5. The number of aromatic nitrogens is 6. The first-order chi connectivity index (χ1) is 40.7. The number of methoxy groups -OCH3 is 3. The van der Waals surface area contributed by atoms with E-state index >= 15 is 0 Å². The molecule has 2 amide bonds. The Kier molecular flexibility index (Phi) is 18.2. The number of fused-ring (bicyclic) bond motifs is 9. The second-order valence-electron chi connectivity index (χ2n) is 21.9. The minimum atomic E-state index is -0.383. The largest absolute Gasteiger partial charge is 0.487 e. The minimum absolute atomic E-state index is 0.0754. The van der Waals surface area contributed by atoms with Crippen LogP contribution < -0.4 is 14.8 Å². The van der Waals surface area contributed by atoms with Crippen molar-refractivity contribution < 1.29 is 42.8 Å². The van der Waals surface area contributed by atoms with Crippen molar-refractivity contribution >= 4 is 62.3 Å². The molecule has 0 spiro atoms. The van der Waals surface area contributed by atoms with Gasteiger partial charge in [-0.25, -0.2) is 9.97 Å². The minimum Gasteiger partial charge on any atom is -0.487 e. The molecule has 17 heteroatoms. The van der Waals surface area contributed by atoms with Crippen LogP contribution in [0.5, 0.6) is 11.5 Å². The zero-order chi connectivity index (χ0) is 59.2. The predicted octanol–water partition coefficient (Wildman–Crippen LogP) is 12.9. The number of benzene rings is 3. The average Bonchev–Trinajstić information content (AvgIpc) is 1.80. The Morgan fingerprint density at radius 1 is 0.738 bits per heavy atom. The van der Waals surface area contributed by atoms with Gasteiger partial charge in [-0.2, -0.15) is 0 Å². The van der Waals surface area contributed by atoms with Gasteiger partial charge in [-0.05, 0) is 111 Å². The molecular formula is C67H74N8O9. The highest BCUT2D eigenvalue weighted by Crippen LogP contribution is 2.46. The van der Waals surface area contributed by atoms with Crippen LogP contribution in [0.15, 0.2) is 85.2 Å². The molecule has 0 saturated heterocycles. The van der Waals surface area contributed by atoms with E-state index in [0.29, 0.717) is 91.0 Å². The second-order valence-corrected chi connectivity index (χ2v) is 21.9. The summed E-state index contributed by atoms with van der Waals surface area (Å²) in [6.45, 7) is 16.8. The summed E-state index contributed by atoms with van der Waals surface area (Å²) < 4.78 is 34.4. The van der Waals surface area contributed by atoms with E-state index < -0.39 is 0 Å². The molecule has 3 aliphatic heterocycles. The van der Waals surface area contributed by atoms with E-state index in [1.54, 1.807) is 14.2 Å². The molecule has 7 heterocycles. The van der Waals surface area contributed by atoms with Crippen molar-refractivity contribution in [2.75, 3.05) is 59.6 Å². The molecule has 0 saturated carbocycles. The van der Waals surface area contributed by atoms with E-state index in [1.165, 1.54) is 18.3 Å². The smallest absolute Gasteiger partial charge is 0.305 e. The number of hydrogen-bond donors (Lipinski definition) is 3. The van der Waals surface area contributed by atoms with Crippen molar-refractivity contribution in [1.29, 1.82) is 0 Å². The van der Waals surface area contributed by atoms with E-state index in [-0.39, 0.29) is 60.5 Å². The van der Waals surface area contributed by atoms with Crippen LogP contribution in [0.1, 0.15) is 173 Å². The van der Waals surface area contributed by atoms with E-state index in [0.717, 1.165) is 90.9 Å². The van der Waals surface area contributed by atoms with E-state index in [2.05, 4.69) is 96.0 Å². The van der Waals surface area contributed by atoms with Crippen molar-refractivity contribution in [2.45, 2.75) is 117 Å². The number of imide groups is 1. The number of hydrogen-bond acceptors (Lipinski definition) is 14. The monoisotopic (exact) mass is 1130 g/mol. The summed E-state index contributed by atoms with van der Waals surface area (Å²) in [7, 11) is 4.64. The van der Waals surface area contributed by atoms with Gasteiger partial charge in [-0.1, -0.05) is 64.2 Å². The Morgan fingerprint density at radius 2 is 1.40 bits per heavy atom. The molecule has 3 aromatic carbocycles. The molecule has 4 unspecified atom stereocenters. The Morgan fingerprint density at radius 3 is 2.13 bits per heavy atom. The highest BCUT2D eigenvalue weighted by atomic mass is 16.5. The number of carbonyl (C=O) groups excluding carboxylic acids is 3. The lowest BCUT2D eigenvalue weighted by molar-refractivity contribution is -0.140. The topological polar surface area (TPSA) is 205 Å². The summed E-state index contributed by atoms with van der Waals surface area (Å²) >= 11 is 0. The lowest BCUT2D eigenvalue weighted by atomic mass is 9.84. The number of aryl methyl sites for hydroxylation is 2. The number of esters is 1. The van der Waals surface area contributed by atoms with Gasteiger partial charge >= 0.3 is 5.97 Å². The first-order valence-electron chi connectivity index (χ1n) is 29.1. The standard InChI is InChI=1S/C67H74N8O9/c1-11-13-24-75-66(77)61-41(6)53-33-55-47(12-2)38(3)50(71-55)34-56-60(40(5)52(72-56)32-51-39(4)48(22-23-59(76)81-10)63(73-51)62(67(75)78)64(61)74-53)42(7)84-36-45-18-14-16-43(29-45)20-21-44-17-15-19-46(30-44)70-65-49-31-57(82-27-25-79-8)58(83-28-26-80-9)35-54(49)68-37-69-65/h14-19,29-35,37-39,42,47-48,72,74H,11-13,22-28,36H2,1-10H3,(H,68,69,70)/t38?,39?,42?,47?,48-/m0/s1. The van der Waals surface area contributed by atoms with Crippen molar-refractivity contribution in [1.82, 2.24) is 34.8 Å². The van der Waals surface area contributed by atoms with Crippen LogP contribution in [0.2, 0.25) is 0 Å². The first-order valence-corrected chi connectivity index (χ1v) is 29.1. The molecule has 0 aliphatic carbocycles. The summed E-state index contributed by atoms with van der Waals surface area (Å²) in [5, 5.41) is 4.22. The molecule has 84 heavy (non-hydrogen) atoms. The molecule has 3 aliphatic rings. The van der Waals surface area contributed by atoms with Crippen molar-refractivity contribution in [3.8, 4) is 23.3 Å². The molecule has 8 bridgehead atoms. The second kappa shape index (κ2) is 26.0. The molecule has 5 atom stereocenters. The van der Waals surface area contributed by atoms with Crippen LogP contribution in [0.4, 0.5) is 11.5 Å². The quantitative estimate of drug-likeness (QED) is 0.0265. The molecular weight excluding hydrogens is 1060 g/mol. The van der Waals surface area contributed by atoms with Gasteiger partial charge in [0.15, 0.2) is 11.5 Å². The van der Waals surface area contributed by atoms with Gasteiger partial charge in [0.2, 0.25) is 0 Å². The summed E-state index contributed by atoms with van der Waals surface area (Å²) in [6, 6.07) is 26.0. The molecule has 10 rings (SSSR count). The van der Waals surface area contributed by atoms with Gasteiger partial charge in [0.25, 0.3) is 11.8 Å². The molecule has 17 nitrogen and oxygen atoms in total. The zero-order valence-corrected chi connectivity index (χ0v) is 49.7. The van der Waals surface area contributed by atoms with Gasteiger partial charge in [0.05, 0.1) is 60.9 Å². The van der Waals surface area contributed by atoms with Gasteiger partial charge in [0.1, 0.15) is 25.4 Å². The van der Waals surface area contributed by atoms with Crippen molar-refractivity contribution in [3.05, 3.63) is 152 Å². The molecule has 3 N–H and O–H groups in total. The highest BCUT2D eigenvalue weighted by molar-refractivity contribution is 6.23. The number of H-pyrrole nitrogens is 2. The van der Waals surface area contributed by atoms with Crippen LogP contribution >= 0.6 is 0 Å². The molecule has 0 fully saturated rings. The fraction of sp³-hybridized carbons (Fsp3) is 0.388. The lowest BCUT2D eigenvalue weighted by Gasteiger charge is -2.27. The van der Waals surface area contributed by atoms with E-state index in [1.807, 2.05) is 68.4 Å². The van der Waals surface area contributed by atoms with Crippen LogP contribution in [0, 0.1) is 25.7 Å². The Labute approximate surface area is 490 Å². The highest BCUT2D eigenvalue weighted by Gasteiger charge is 2.41. The fourth-order valence-electron chi connectivity index (χ4n) is 11.8. The van der Waals surface area contributed by atoms with Crippen molar-refractivity contribution in [2.24, 2.45) is 0 Å². The third-order valence-corrected chi connectivity index (χ3v) is 16.5. The van der Waals surface area contributed by atoms with E-state index in [9.17, 15) is 14.4 Å². The van der Waals surface area contributed by atoms with E-state index in [4.69, 9.17) is 38.4 Å². The fourth-order valence-corrected chi connectivity index (χ4v) is 11.8. The average molecular weight is 1140 g/mol. The number of carbonyl (C=O) groups is 3. The lowest BCUT2D eigenvalue weighted by Crippen LogP contribution is -2.41. The zero-order valence-electron chi connectivity index (χ0n) is 49.7. The maximum Gasteiger partial charge on any atom is 0.305 e. The summed E-state index contributed by atoms with van der Waals surface area (Å²) in [5.74, 6) is 7.02. The first kappa shape index (κ1) is 58.8. The van der Waals surface area contributed by atoms with Gasteiger partial charge < -0.3 is 43.7 Å². The Balaban J connectivity index is 0.969. The summed E-state index contributed by atoms with van der Waals surface area (Å²) in [4.78, 5) is 70.6. The number of rotatable bonds is 21. The maximum atomic E-state index is 14.9. The Hall–Kier alpha value is -8.43. The number of amides is 2. The molecule has 0 radical (unpaired) electrons. The maximum absolute atomic E-state index is 14.9. The number of ether oxygens (including phenoxy) is 6. The predicted molar refractivity (Wildman–Crippen MR) is 324 cm³/mol. The van der Waals surface area contributed by atoms with Gasteiger partial charge in [-0.15, -0.1) is 0 Å². The normalized spacial score (nSPS) is 16.8. The SMILES string of the molecule is CCCCN1C(=O)c2c3nc(cc4[nH]c(cc5nc(cc6[nH]c2c(c6C)C1=O)C(CC)C5C)c(C(C)OCc1cccc(C#Cc2cccc(Nc5ncnc6cc(OCCOC)c(OCCOC)cc56)c2)c1)c4C)C(C)[C@@H]3CCC(=O)OC. The summed E-state index contributed by atoms with van der Waals surface area (Å²) in [5.41, 5.74) is 13.7. The van der Waals surface area contributed by atoms with Crippen LogP contribution in [-0.4, -0.2) is 107 Å². The van der Waals surface area contributed by atoms with Crippen molar-refractivity contribution in [3.63, 3.8) is 0 Å². The van der Waals surface area contributed by atoms with Gasteiger partial charge in [-0.3, -0.25) is 29.3 Å². The van der Waals surface area contributed by atoms with Crippen LogP contribution in [0.25, 0.3) is 33.0 Å². The number of nitrogens with one attached hydrogen (secondary N) is 3. The van der Waals surface area contributed by atoms with Crippen LogP contribution in [-0.2, 0) is 30.3 Å². The number of anilines is 2. The number of unbranched alkanes of at least 4 members (excludes halogenated alkanes) is 1. The van der Waals surface area contributed by atoms with Crippen LogP contribution in [0.3, 0.4) is 0 Å². The molecule has 4 aromatic heterocycles. The van der Waals surface area contributed by atoms with Gasteiger partial charge in [0, 0.05) is 118 Å².